The van der Waals surface area contributed by atoms with E-state index in [1.807, 2.05) is 0 Å². The van der Waals surface area contributed by atoms with Crippen LogP contribution >= 0.6 is 0 Å². The van der Waals surface area contributed by atoms with E-state index < -0.39 is 40.1 Å². The Kier molecular flexibility index (Phi) is 7.32. The van der Waals surface area contributed by atoms with Gasteiger partial charge in [0.1, 0.15) is 6.67 Å². The number of hydrogen-bond donors (Lipinski definition) is 1. The third kappa shape index (κ3) is 5.24. The van der Waals surface area contributed by atoms with Gasteiger partial charge in [-0.2, -0.15) is 4.31 Å². The minimum atomic E-state index is -4.05. The summed E-state index contributed by atoms with van der Waals surface area (Å²) in [5.41, 5.74) is -0.574. The highest BCUT2D eigenvalue weighted by Crippen LogP contribution is 2.26. The molecular weight excluding hydrogens is 436 g/mol. The van der Waals surface area contributed by atoms with Crippen LogP contribution in [-0.2, 0) is 16.7 Å². The second kappa shape index (κ2) is 9.78. The Morgan fingerprint density at radius 1 is 0.935 bits per heavy atom. The van der Waals surface area contributed by atoms with E-state index in [0.717, 1.165) is 25.3 Å². The molecular formula is C21H22F4N2O3S. The predicted octanol–water partition coefficient (Wildman–Crippen LogP) is 4.78. The van der Waals surface area contributed by atoms with Crippen molar-refractivity contribution in [3.63, 3.8) is 0 Å². The van der Waals surface area contributed by atoms with Gasteiger partial charge >= 0.3 is 0 Å². The molecule has 1 heterocycles. The molecule has 0 radical (unpaired) electrons. The van der Waals surface area contributed by atoms with Gasteiger partial charge in [-0.25, -0.2) is 26.0 Å². The molecule has 0 spiro atoms. The predicted molar refractivity (Wildman–Crippen MR) is 107 cm³/mol. The lowest BCUT2D eigenvalue weighted by Gasteiger charge is -2.25. The van der Waals surface area contributed by atoms with Gasteiger partial charge in [0.2, 0.25) is 10.0 Å². The number of benzene rings is 2. The summed E-state index contributed by atoms with van der Waals surface area (Å²) in [6, 6.07) is 4.66. The fourth-order valence-electron chi connectivity index (χ4n) is 3.48. The Balaban J connectivity index is 1.91. The van der Waals surface area contributed by atoms with Crippen LogP contribution in [0, 0.1) is 17.5 Å². The molecule has 1 saturated heterocycles. The molecule has 5 nitrogen and oxygen atoms in total. The van der Waals surface area contributed by atoms with Crippen LogP contribution in [-0.4, -0.2) is 31.7 Å². The highest BCUT2D eigenvalue weighted by Gasteiger charge is 2.28. The van der Waals surface area contributed by atoms with Gasteiger partial charge in [0, 0.05) is 42.0 Å². The van der Waals surface area contributed by atoms with Crippen molar-refractivity contribution in [3.8, 4) is 0 Å². The quantitative estimate of drug-likeness (QED) is 0.518. The Morgan fingerprint density at radius 2 is 1.52 bits per heavy atom. The van der Waals surface area contributed by atoms with E-state index in [9.17, 15) is 30.8 Å². The average molecular weight is 458 g/mol. The Bertz CT molecular complexity index is 1050. The summed E-state index contributed by atoms with van der Waals surface area (Å²) in [4.78, 5) is 12.2. The average Bonchev–Trinajstić information content (AvgIpc) is 2.70. The summed E-state index contributed by atoms with van der Waals surface area (Å²) in [6.07, 6.45) is 4.20. The fraction of sp³-hybridized carbons (Fsp3) is 0.381. The normalized spacial score (nSPS) is 15.9. The molecule has 2 aromatic carbocycles. The van der Waals surface area contributed by atoms with Crippen molar-refractivity contribution in [3.05, 3.63) is 58.9 Å². The van der Waals surface area contributed by atoms with E-state index in [0.29, 0.717) is 38.1 Å². The van der Waals surface area contributed by atoms with Crippen molar-refractivity contribution in [2.24, 2.45) is 0 Å². The van der Waals surface area contributed by atoms with Gasteiger partial charge in [0.05, 0.1) is 4.90 Å². The summed E-state index contributed by atoms with van der Waals surface area (Å²) >= 11 is 0. The maximum Gasteiger partial charge on any atom is 0.255 e. The lowest BCUT2D eigenvalue weighted by Crippen LogP contribution is -2.34. The van der Waals surface area contributed by atoms with E-state index in [1.165, 1.54) is 16.4 Å². The molecule has 31 heavy (non-hydrogen) atoms. The minimum absolute atomic E-state index is 0.0857. The molecule has 0 aliphatic carbocycles. The molecule has 10 heteroatoms. The van der Waals surface area contributed by atoms with Crippen molar-refractivity contribution in [1.29, 1.82) is 0 Å². The smallest absolute Gasteiger partial charge is 0.255 e. The number of nitrogens with one attached hydrogen (secondary N) is 1. The highest BCUT2D eigenvalue weighted by atomic mass is 32.2. The first kappa shape index (κ1) is 23.2. The molecule has 1 N–H and O–H groups in total. The molecule has 168 valence electrons. The maximum atomic E-state index is 13.5. The standard InChI is InChI=1S/C21H22F4N2O3S/c22-13-15-7-6-14(21(28)26-16-11-17(23)20(25)18(24)12-16)10-19(15)31(29,30)27-8-4-2-1-3-5-9-27/h6-7,10-12H,1-5,8-9,13H2,(H,26,28). The van der Waals surface area contributed by atoms with E-state index in [4.69, 9.17) is 0 Å². The van der Waals surface area contributed by atoms with Gasteiger partial charge < -0.3 is 5.32 Å². The first-order valence-electron chi connectivity index (χ1n) is 9.89. The van der Waals surface area contributed by atoms with Crippen LogP contribution < -0.4 is 5.32 Å². The number of rotatable bonds is 5. The topological polar surface area (TPSA) is 66.5 Å². The maximum absolute atomic E-state index is 13.5. The summed E-state index contributed by atoms with van der Waals surface area (Å²) in [6.45, 7) is -0.435. The van der Waals surface area contributed by atoms with Gasteiger partial charge in [-0.05, 0) is 25.0 Å². The number of anilines is 1. The summed E-state index contributed by atoms with van der Waals surface area (Å²) in [5, 5.41) is 2.19. The lowest BCUT2D eigenvalue weighted by molar-refractivity contribution is 0.102. The van der Waals surface area contributed by atoms with Crippen LogP contribution in [0.4, 0.5) is 23.2 Å². The summed E-state index contributed by atoms with van der Waals surface area (Å²) in [5.74, 6) is -5.52. The lowest BCUT2D eigenvalue weighted by atomic mass is 10.1. The number of carbonyl (C=O) groups excluding carboxylic acids is 1. The zero-order valence-electron chi connectivity index (χ0n) is 16.6. The zero-order valence-corrected chi connectivity index (χ0v) is 17.5. The van der Waals surface area contributed by atoms with E-state index >= 15 is 0 Å². The molecule has 1 aliphatic rings. The molecule has 0 saturated carbocycles. The van der Waals surface area contributed by atoms with Gasteiger partial charge in [-0.15, -0.1) is 0 Å². The molecule has 0 atom stereocenters. The fourth-order valence-corrected chi connectivity index (χ4v) is 5.22. The van der Waals surface area contributed by atoms with Crippen molar-refractivity contribution >= 4 is 21.6 Å². The van der Waals surface area contributed by atoms with Crippen LogP contribution in [0.15, 0.2) is 35.2 Å². The van der Waals surface area contributed by atoms with E-state index in [-0.39, 0.29) is 21.7 Å². The number of carbonyl (C=O) groups is 1. The molecule has 0 bridgehead atoms. The molecule has 3 rings (SSSR count). The zero-order chi connectivity index (χ0) is 22.6. The van der Waals surface area contributed by atoms with Gasteiger partial charge in [0.25, 0.3) is 5.91 Å². The van der Waals surface area contributed by atoms with Gasteiger partial charge in [-0.1, -0.05) is 25.3 Å². The number of sulfonamides is 1. The van der Waals surface area contributed by atoms with Crippen LogP contribution in [0.1, 0.15) is 48.0 Å². The third-order valence-electron chi connectivity index (χ3n) is 5.15. The van der Waals surface area contributed by atoms with Crippen molar-refractivity contribution in [2.75, 3.05) is 18.4 Å². The summed E-state index contributed by atoms with van der Waals surface area (Å²) in [7, 11) is -4.05. The monoisotopic (exact) mass is 458 g/mol. The molecule has 0 unspecified atom stereocenters. The van der Waals surface area contributed by atoms with Crippen LogP contribution in [0.5, 0.6) is 0 Å². The van der Waals surface area contributed by atoms with Crippen molar-refractivity contribution < 1.29 is 30.8 Å². The minimum Gasteiger partial charge on any atom is -0.322 e. The number of halogens is 4. The number of amides is 1. The largest absolute Gasteiger partial charge is 0.322 e. The van der Waals surface area contributed by atoms with Gasteiger partial charge in [0.15, 0.2) is 17.5 Å². The number of nitrogens with zero attached hydrogens (tertiary/aromatic N) is 1. The van der Waals surface area contributed by atoms with Crippen LogP contribution in [0.2, 0.25) is 0 Å². The molecule has 0 aromatic heterocycles. The molecule has 1 aliphatic heterocycles. The van der Waals surface area contributed by atoms with Crippen molar-refractivity contribution in [1.82, 2.24) is 4.31 Å². The molecule has 1 fully saturated rings. The van der Waals surface area contributed by atoms with Crippen LogP contribution in [0.25, 0.3) is 0 Å². The van der Waals surface area contributed by atoms with E-state index in [1.54, 1.807) is 0 Å². The summed E-state index contributed by atoms with van der Waals surface area (Å²) < 4.78 is 81.1. The van der Waals surface area contributed by atoms with Crippen LogP contribution in [0.3, 0.4) is 0 Å². The Hall–Kier alpha value is -2.46. The Morgan fingerprint density at radius 3 is 2.10 bits per heavy atom. The second-order valence-corrected chi connectivity index (χ2v) is 9.24. The highest BCUT2D eigenvalue weighted by molar-refractivity contribution is 7.89. The number of hydrogen-bond acceptors (Lipinski definition) is 3. The van der Waals surface area contributed by atoms with Gasteiger partial charge in [-0.3, -0.25) is 4.79 Å². The molecule has 1 amide bonds. The first-order chi connectivity index (χ1) is 14.7. The molecule has 2 aromatic rings. The third-order valence-corrected chi connectivity index (χ3v) is 7.13. The first-order valence-corrected chi connectivity index (χ1v) is 11.3. The SMILES string of the molecule is O=C(Nc1cc(F)c(F)c(F)c1)c1ccc(CF)c(S(=O)(=O)N2CCCCCCC2)c1. The van der Waals surface area contributed by atoms with E-state index in [2.05, 4.69) is 5.32 Å². The Labute approximate surface area is 178 Å². The van der Waals surface area contributed by atoms with Crippen molar-refractivity contribution in [2.45, 2.75) is 43.7 Å². The number of alkyl halides is 1. The second-order valence-electron chi connectivity index (χ2n) is 7.34.